The van der Waals surface area contributed by atoms with Crippen molar-refractivity contribution in [3.8, 4) is 0 Å². The maximum atomic E-state index is 13.5. The fourth-order valence-electron chi connectivity index (χ4n) is 1.65. The largest absolute Gasteiger partial charge is 0.336 e. The number of para-hydroxylation sites is 1. The standard InChI is InChI=1S/C10H11FN2O.H2/c1-7-3-2-4-8(11)9(7)13-6-5-12-10(13)14;/h2-4H,5-6H2,1H3,(H,12,14);1H. The molecule has 1 heterocycles. The molecule has 1 aromatic carbocycles. The summed E-state index contributed by atoms with van der Waals surface area (Å²) in [5.41, 5.74) is 1.17. The topological polar surface area (TPSA) is 32.3 Å². The highest BCUT2D eigenvalue weighted by molar-refractivity contribution is 5.94. The molecule has 0 radical (unpaired) electrons. The molecule has 0 atom stereocenters. The van der Waals surface area contributed by atoms with Crippen molar-refractivity contribution >= 4 is 11.7 Å². The van der Waals surface area contributed by atoms with Gasteiger partial charge in [-0.05, 0) is 18.6 Å². The van der Waals surface area contributed by atoms with Crippen molar-refractivity contribution in [2.45, 2.75) is 6.92 Å². The zero-order chi connectivity index (χ0) is 10.1. The minimum Gasteiger partial charge on any atom is -0.336 e. The zero-order valence-electron chi connectivity index (χ0n) is 7.88. The predicted octanol–water partition coefficient (Wildman–Crippen LogP) is 1.91. The first-order chi connectivity index (χ1) is 6.70. The molecule has 0 saturated carbocycles. The first-order valence-corrected chi connectivity index (χ1v) is 4.50. The first-order valence-electron chi connectivity index (χ1n) is 4.50. The van der Waals surface area contributed by atoms with Gasteiger partial charge in [0.1, 0.15) is 5.82 Å². The van der Waals surface area contributed by atoms with Crippen LogP contribution in [0.5, 0.6) is 0 Å². The number of anilines is 1. The van der Waals surface area contributed by atoms with Crippen molar-refractivity contribution < 1.29 is 10.6 Å². The number of urea groups is 1. The van der Waals surface area contributed by atoms with Crippen molar-refractivity contribution in [3.63, 3.8) is 0 Å². The Bertz CT molecular complexity index is 363. The average Bonchev–Trinajstić information content (AvgIpc) is 2.52. The third kappa shape index (κ3) is 1.32. The van der Waals surface area contributed by atoms with Gasteiger partial charge in [0, 0.05) is 14.5 Å². The van der Waals surface area contributed by atoms with Crippen LogP contribution in [0.2, 0.25) is 0 Å². The zero-order valence-corrected chi connectivity index (χ0v) is 7.88. The Morgan fingerprint density at radius 2 is 2.36 bits per heavy atom. The van der Waals surface area contributed by atoms with Crippen LogP contribution in [0.15, 0.2) is 18.2 Å². The van der Waals surface area contributed by atoms with Crippen molar-refractivity contribution in [2.75, 3.05) is 18.0 Å². The average molecular weight is 196 g/mol. The van der Waals surface area contributed by atoms with Gasteiger partial charge in [-0.25, -0.2) is 9.18 Å². The molecule has 14 heavy (non-hydrogen) atoms. The van der Waals surface area contributed by atoms with E-state index in [0.29, 0.717) is 18.8 Å². The molecule has 1 fully saturated rings. The number of carbonyl (C=O) groups excluding carboxylic acids is 1. The summed E-state index contributed by atoms with van der Waals surface area (Å²) in [5, 5.41) is 2.64. The summed E-state index contributed by atoms with van der Waals surface area (Å²) in [7, 11) is 0. The van der Waals surface area contributed by atoms with Crippen molar-refractivity contribution in [1.29, 1.82) is 0 Å². The van der Waals surface area contributed by atoms with Crippen LogP contribution < -0.4 is 10.2 Å². The second kappa shape index (κ2) is 3.29. The lowest BCUT2D eigenvalue weighted by Gasteiger charge is -2.17. The molecule has 0 aliphatic carbocycles. The normalized spacial score (nSPS) is 15.9. The minimum absolute atomic E-state index is 0. The van der Waals surface area contributed by atoms with Crippen LogP contribution in [0, 0.1) is 12.7 Å². The Morgan fingerprint density at radius 3 is 2.93 bits per heavy atom. The van der Waals surface area contributed by atoms with Crippen LogP contribution in [0.25, 0.3) is 0 Å². The van der Waals surface area contributed by atoms with Crippen molar-refractivity contribution in [2.24, 2.45) is 0 Å². The molecular formula is C10H13FN2O. The van der Waals surface area contributed by atoms with E-state index in [4.69, 9.17) is 0 Å². The lowest BCUT2D eigenvalue weighted by atomic mass is 10.2. The molecule has 0 unspecified atom stereocenters. The second-order valence-electron chi connectivity index (χ2n) is 3.29. The molecule has 2 amide bonds. The fraction of sp³-hybridized carbons (Fsp3) is 0.300. The van der Waals surface area contributed by atoms with E-state index in [2.05, 4.69) is 5.32 Å². The summed E-state index contributed by atoms with van der Waals surface area (Å²) in [6.07, 6.45) is 0. The third-order valence-electron chi connectivity index (χ3n) is 2.32. The van der Waals surface area contributed by atoms with E-state index in [0.717, 1.165) is 5.56 Å². The Labute approximate surface area is 83.0 Å². The SMILES string of the molecule is Cc1cccc(F)c1N1CCNC1=O.[HH]. The van der Waals surface area contributed by atoms with Crippen molar-refractivity contribution in [1.82, 2.24) is 5.32 Å². The molecule has 0 aromatic heterocycles. The molecule has 1 aliphatic rings. The number of nitrogens with one attached hydrogen (secondary N) is 1. The lowest BCUT2D eigenvalue weighted by molar-refractivity contribution is 0.252. The summed E-state index contributed by atoms with van der Waals surface area (Å²) >= 11 is 0. The molecule has 2 rings (SSSR count). The van der Waals surface area contributed by atoms with E-state index in [1.54, 1.807) is 19.1 Å². The summed E-state index contributed by atoms with van der Waals surface area (Å²) in [6, 6.07) is 4.58. The number of carbonyl (C=O) groups is 1. The van der Waals surface area contributed by atoms with Crippen molar-refractivity contribution in [3.05, 3.63) is 29.6 Å². The van der Waals surface area contributed by atoms with E-state index in [1.807, 2.05) is 0 Å². The molecule has 1 N–H and O–H groups in total. The number of benzene rings is 1. The lowest BCUT2D eigenvalue weighted by Crippen LogP contribution is -2.29. The van der Waals surface area contributed by atoms with Gasteiger partial charge < -0.3 is 5.32 Å². The molecule has 0 spiro atoms. The number of halogens is 1. The predicted molar refractivity (Wildman–Crippen MR) is 54.0 cm³/mol. The van der Waals surface area contributed by atoms with Crippen LogP contribution in [0.3, 0.4) is 0 Å². The van der Waals surface area contributed by atoms with Crippen LogP contribution >= 0.6 is 0 Å². The molecule has 3 nitrogen and oxygen atoms in total. The minimum atomic E-state index is -0.345. The fourth-order valence-corrected chi connectivity index (χ4v) is 1.65. The van der Waals surface area contributed by atoms with E-state index in [1.165, 1.54) is 11.0 Å². The number of rotatable bonds is 1. The molecule has 4 heteroatoms. The van der Waals surface area contributed by atoms with Gasteiger partial charge in [-0.2, -0.15) is 0 Å². The highest BCUT2D eigenvalue weighted by Crippen LogP contribution is 2.24. The molecule has 1 aliphatic heterocycles. The van der Waals surface area contributed by atoms with Crippen LogP contribution in [-0.4, -0.2) is 19.1 Å². The van der Waals surface area contributed by atoms with Gasteiger partial charge in [-0.3, -0.25) is 4.90 Å². The van der Waals surface area contributed by atoms with Crippen LogP contribution in [0.1, 0.15) is 6.99 Å². The second-order valence-corrected chi connectivity index (χ2v) is 3.29. The number of hydrogen-bond donors (Lipinski definition) is 1. The first kappa shape index (κ1) is 8.99. The molecule has 76 valence electrons. The Kier molecular flexibility index (Phi) is 2.11. The van der Waals surface area contributed by atoms with Gasteiger partial charge >= 0.3 is 6.03 Å². The number of aryl methyl sites for hydroxylation is 1. The van der Waals surface area contributed by atoms with Gasteiger partial charge in [0.25, 0.3) is 0 Å². The highest BCUT2D eigenvalue weighted by atomic mass is 19.1. The van der Waals surface area contributed by atoms with E-state index >= 15 is 0 Å². The molecule has 1 aromatic rings. The quantitative estimate of drug-likeness (QED) is 0.731. The van der Waals surface area contributed by atoms with Crippen LogP contribution in [0.4, 0.5) is 14.9 Å². The Hall–Kier alpha value is -1.58. The smallest absolute Gasteiger partial charge is 0.322 e. The van der Waals surface area contributed by atoms with E-state index in [9.17, 15) is 9.18 Å². The highest BCUT2D eigenvalue weighted by Gasteiger charge is 2.24. The summed E-state index contributed by atoms with van der Waals surface area (Å²) in [4.78, 5) is 12.8. The molecule has 1 saturated heterocycles. The van der Waals surface area contributed by atoms with Gasteiger partial charge in [-0.15, -0.1) is 0 Å². The maximum Gasteiger partial charge on any atom is 0.322 e. The summed E-state index contributed by atoms with van der Waals surface area (Å²) in [5.74, 6) is -0.345. The van der Waals surface area contributed by atoms with E-state index < -0.39 is 0 Å². The summed E-state index contributed by atoms with van der Waals surface area (Å²) < 4.78 is 13.5. The summed E-state index contributed by atoms with van der Waals surface area (Å²) in [6.45, 7) is 2.90. The van der Waals surface area contributed by atoms with Gasteiger partial charge in [-0.1, -0.05) is 12.1 Å². The Balaban J connectivity index is 0.00000112. The number of amides is 2. The molecule has 0 bridgehead atoms. The van der Waals surface area contributed by atoms with Gasteiger partial charge in [0.05, 0.1) is 5.69 Å². The maximum absolute atomic E-state index is 13.5. The number of hydrogen-bond acceptors (Lipinski definition) is 1. The van der Waals surface area contributed by atoms with Crippen LogP contribution in [-0.2, 0) is 0 Å². The van der Waals surface area contributed by atoms with Gasteiger partial charge in [0.2, 0.25) is 0 Å². The number of nitrogens with zero attached hydrogens (tertiary/aromatic N) is 1. The monoisotopic (exact) mass is 196 g/mol. The third-order valence-corrected chi connectivity index (χ3v) is 2.32. The van der Waals surface area contributed by atoms with Gasteiger partial charge in [0.15, 0.2) is 0 Å². The van der Waals surface area contributed by atoms with E-state index in [-0.39, 0.29) is 13.3 Å². The molecular weight excluding hydrogens is 183 g/mol. The Morgan fingerprint density at radius 1 is 1.57 bits per heavy atom.